The molecule has 0 spiro atoms. The number of carbonyl (C=O) groups excluding carboxylic acids is 1. The highest BCUT2D eigenvalue weighted by Gasteiger charge is 2.33. The van der Waals surface area contributed by atoms with Gasteiger partial charge in [-0.2, -0.15) is 5.10 Å². The van der Waals surface area contributed by atoms with Crippen LogP contribution in [-0.4, -0.2) is 21.6 Å². The fourth-order valence-electron chi connectivity index (χ4n) is 4.48. The van der Waals surface area contributed by atoms with Gasteiger partial charge in [0.1, 0.15) is 0 Å². The number of pyridine rings is 1. The molecule has 4 aromatic rings. The van der Waals surface area contributed by atoms with Crippen LogP contribution in [0.4, 0.5) is 0 Å². The standard InChI is InChI=1S/C27H23N3O/c1-18-26(24-17-25(30(29-24)19(2)31)20-11-5-3-6-12-20)27(21-13-7-4-8-14-21)22-15-9-10-16-23(22)28-18/h3-16,25H,17H2,1-2H3/t25-/m0/s1. The minimum absolute atomic E-state index is 0.0588. The monoisotopic (exact) mass is 405 g/mol. The lowest BCUT2D eigenvalue weighted by atomic mass is 9.89. The average molecular weight is 406 g/mol. The smallest absolute Gasteiger partial charge is 0.240 e. The summed E-state index contributed by atoms with van der Waals surface area (Å²) in [6.07, 6.45) is 0.657. The molecule has 5 rings (SSSR count). The number of aryl methyl sites for hydroxylation is 1. The van der Waals surface area contributed by atoms with Gasteiger partial charge >= 0.3 is 0 Å². The van der Waals surface area contributed by atoms with Crippen LogP contribution in [-0.2, 0) is 4.79 Å². The lowest BCUT2D eigenvalue weighted by Gasteiger charge is -2.20. The van der Waals surface area contributed by atoms with E-state index in [2.05, 4.69) is 42.5 Å². The van der Waals surface area contributed by atoms with Crippen LogP contribution in [0.3, 0.4) is 0 Å². The molecule has 0 bridgehead atoms. The predicted molar refractivity (Wildman–Crippen MR) is 125 cm³/mol. The summed E-state index contributed by atoms with van der Waals surface area (Å²) in [5, 5.41) is 7.54. The Labute approximate surface area is 181 Å². The number of nitrogens with zero attached hydrogens (tertiary/aromatic N) is 3. The highest BCUT2D eigenvalue weighted by atomic mass is 16.2. The third-order valence-corrected chi connectivity index (χ3v) is 5.84. The van der Waals surface area contributed by atoms with Gasteiger partial charge in [0.15, 0.2) is 0 Å². The molecule has 1 amide bonds. The normalized spacial score (nSPS) is 15.9. The van der Waals surface area contributed by atoms with E-state index < -0.39 is 0 Å². The van der Waals surface area contributed by atoms with Crippen molar-refractivity contribution in [2.75, 3.05) is 0 Å². The van der Waals surface area contributed by atoms with E-state index in [9.17, 15) is 4.79 Å². The first-order chi connectivity index (χ1) is 15.1. The second kappa shape index (κ2) is 7.80. The summed E-state index contributed by atoms with van der Waals surface area (Å²) in [6, 6.07) is 28.6. The molecule has 1 atom stereocenters. The molecule has 4 nitrogen and oxygen atoms in total. The van der Waals surface area contributed by atoms with E-state index in [1.807, 2.05) is 49.4 Å². The van der Waals surface area contributed by atoms with E-state index >= 15 is 0 Å². The van der Waals surface area contributed by atoms with Gasteiger partial charge in [-0.25, -0.2) is 5.01 Å². The number of hydrazone groups is 1. The van der Waals surface area contributed by atoms with Gasteiger partial charge in [0.25, 0.3) is 0 Å². The number of benzene rings is 3. The second-order valence-corrected chi connectivity index (χ2v) is 7.87. The van der Waals surface area contributed by atoms with Crippen molar-refractivity contribution in [3.8, 4) is 11.1 Å². The van der Waals surface area contributed by atoms with Gasteiger partial charge in [-0.05, 0) is 24.1 Å². The van der Waals surface area contributed by atoms with Crippen LogP contribution in [0.25, 0.3) is 22.0 Å². The van der Waals surface area contributed by atoms with Crippen LogP contribution in [0.1, 0.15) is 36.2 Å². The van der Waals surface area contributed by atoms with Gasteiger partial charge in [0.2, 0.25) is 5.91 Å². The first-order valence-electron chi connectivity index (χ1n) is 10.5. The summed E-state index contributed by atoms with van der Waals surface area (Å²) in [5.41, 5.74) is 7.15. The third-order valence-electron chi connectivity index (χ3n) is 5.84. The molecule has 31 heavy (non-hydrogen) atoms. The number of hydrogen-bond donors (Lipinski definition) is 0. The molecular formula is C27H23N3O. The fourth-order valence-corrected chi connectivity index (χ4v) is 4.48. The van der Waals surface area contributed by atoms with Gasteiger partial charge in [-0.1, -0.05) is 78.9 Å². The topological polar surface area (TPSA) is 45.6 Å². The highest BCUT2D eigenvalue weighted by molar-refractivity contribution is 6.13. The SMILES string of the molecule is CC(=O)N1N=C(c2c(C)nc3ccccc3c2-c2ccccc2)C[C@H]1c1ccccc1. The van der Waals surface area contributed by atoms with Crippen molar-refractivity contribution in [3.63, 3.8) is 0 Å². The van der Waals surface area contributed by atoms with E-state index in [1.54, 1.807) is 11.9 Å². The average Bonchev–Trinajstić information content (AvgIpc) is 3.25. The van der Waals surface area contributed by atoms with Gasteiger partial charge in [0.05, 0.1) is 17.3 Å². The molecule has 0 N–H and O–H groups in total. The molecule has 1 aliphatic rings. The number of hydrogen-bond acceptors (Lipinski definition) is 3. The Kier molecular flexibility index (Phi) is 4.83. The predicted octanol–water partition coefficient (Wildman–Crippen LogP) is 5.91. The summed E-state index contributed by atoms with van der Waals surface area (Å²) >= 11 is 0. The summed E-state index contributed by atoms with van der Waals surface area (Å²) in [6.45, 7) is 3.61. The maximum atomic E-state index is 12.5. The number of para-hydroxylation sites is 1. The largest absolute Gasteiger partial charge is 0.273 e. The third kappa shape index (κ3) is 3.40. The van der Waals surface area contributed by atoms with Crippen molar-refractivity contribution in [3.05, 3.63) is 102 Å². The molecule has 1 aliphatic heterocycles. The number of amides is 1. The number of rotatable bonds is 3. The molecule has 152 valence electrons. The van der Waals surface area contributed by atoms with Gasteiger partial charge < -0.3 is 0 Å². The number of fused-ring (bicyclic) bond motifs is 1. The van der Waals surface area contributed by atoms with E-state index in [4.69, 9.17) is 10.1 Å². The van der Waals surface area contributed by atoms with Crippen LogP contribution < -0.4 is 0 Å². The molecule has 4 heteroatoms. The van der Waals surface area contributed by atoms with E-state index in [1.165, 1.54) is 0 Å². The zero-order valence-corrected chi connectivity index (χ0v) is 17.6. The summed E-state index contributed by atoms with van der Waals surface area (Å²) in [7, 11) is 0. The number of carbonyl (C=O) groups is 1. The van der Waals surface area contributed by atoms with Crippen molar-refractivity contribution in [1.82, 2.24) is 9.99 Å². The Morgan fingerprint density at radius 1 is 0.871 bits per heavy atom. The van der Waals surface area contributed by atoms with Gasteiger partial charge in [-0.3, -0.25) is 9.78 Å². The Morgan fingerprint density at radius 3 is 2.23 bits per heavy atom. The lowest BCUT2D eigenvalue weighted by Crippen LogP contribution is -2.24. The van der Waals surface area contributed by atoms with Gasteiger partial charge in [-0.15, -0.1) is 0 Å². The zero-order valence-electron chi connectivity index (χ0n) is 17.6. The van der Waals surface area contributed by atoms with E-state index in [0.29, 0.717) is 6.42 Å². The molecular weight excluding hydrogens is 382 g/mol. The molecule has 0 aliphatic carbocycles. The summed E-state index contributed by atoms with van der Waals surface area (Å²) in [5.74, 6) is -0.0588. The summed E-state index contributed by atoms with van der Waals surface area (Å²) < 4.78 is 0. The van der Waals surface area contributed by atoms with Crippen LogP contribution in [0.5, 0.6) is 0 Å². The molecule has 1 aromatic heterocycles. The van der Waals surface area contributed by atoms with Crippen molar-refractivity contribution in [2.24, 2.45) is 5.10 Å². The summed E-state index contributed by atoms with van der Waals surface area (Å²) in [4.78, 5) is 17.4. The highest BCUT2D eigenvalue weighted by Crippen LogP contribution is 2.39. The molecule has 0 fully saturated rings. The van der Waals surface area contributed by atoms with Crippen molar-refractivity contribution in [1.29, 1.82) is 0 Å². The lowest BCUT2D eigenvalue weighted by molar-refractivity contribution is -0.130. The van der Waals surface area contributed by atoms with Crippen LogP contribution >= 0.6 is 0 Å². The van der Waals surface area contributed by atoms with Crippen LogP contribution in [0.15, 0.2) is 90.0 Å². The fraction of sp³-hybridized carbons (Fsp3) is 0.148. The molecule has 0 saturated heterocycles. The van der Waals surface area contributed by atoms with Crippen molar-refractivity contribution >= 4 is 22.5 Å². The molecule has 3 aromatic carbocycles. The Bertz CT molecular complexity index is 1300. The van der Waals surface area contributed by atoms with E-state index in [-0.39, 0.29) is 11.9 Å². The quantitative estimate of drug-likeness (QED) is 0.425. The minimum atomic E-state index is -0.108. The second-order valence-electron chi connectivity index (χ2n) is 7.87. The molecule has 0 radical (unpaired) electrons. The minimum Gasteiger partial charge on any atom is -0.273 e. The molecule has 2 heterocycles. The van der Waals surface area contributed by atoms with Crippen LogP contribution in [0.2, 0.25) is 0 Å². The first-order valence-corrected chi connectivity index (χ1v) is 10.5. The van der Waals surface area contributed by atoms with Crippen molar-refractivity contribution < 1.29 is 4.79 Å². The number of aromatic nitrogens is 1. The zero-order chi connectivity index (χ0) is 21.4. The Morgan fingerprint density at radius 2 is 1.52 bits per heavy atom. The first kappa shape index (κ1) is 19.2. The van der Waals surface area contributed by atoms with E-state index in [0.717, 1.165) is 44.6 Å². The van der Waals surface area contributed by atoms with Crippen LogP contribution in [0, 0.1) is 6.92 Å². The molecule has 0 unspecified atom stereocenters. The van der Waals surface area contributed by atoms with Gasteiger partial charge in [0, 0.05) is 35.6 Å². The maximum absolute atomic E-state index is 12.5. The Hall–Kier alpha value is -3.79. The molecule has 0 saturated carbocycles. The maximum Gasteiger partial charge on any atom is 0.240 e. The Balaban J connectivity index is 1.73. The van der Waals surface area contributed by atoms with Crippen molar-refractivity contribution in [2.45, 2.75) is 26.3 Å².